The Morgan fingerprint density at radius 1 is 1.05 bits per heavy atom. The summed E-state index contributed by atoms with van der Waals surface area (Å²) in [6.07, 6.45) is 0. The highest BCUT2D eigenvalue weighted by atomic mass is 79.9. The normalized spacial score (nSPS) is 14.4. The van der Waals surface area contributed by atoms with Gasteiger partial charge >= 0.3 is 0 Å². The predicted molar refractivity (Wildman–Crippen MR) is 85.7 cm³/mol. The molecule has 0 N–H and O–H groups in total. The molecule has 1 amide bonds. The smallest absolute Gasteiger partial charge is 0.246 e. The maximum Gasteiger partial charge on any atom is 0.246 e. The van der Waals surface area contributed by atoms with E-state index in [-0.39, 0.29) is 5.91 Å². The maximum atomic E-state index is 12.2. The number of halogens is 1. The summed E-state index contributed by atoms with van der Waals surface area (Å²) in [4.78, 5) is 16.0. The van der Waals surface area contributed by atoms with Crippen LogP contribution in [0.25, 0.3) is 0 Å². The van der Waals surface area contributed by atoms with E-state index < -0.39 is 0 Å². The number of nitrogens with zero attached hydrogens (tertiary/aromatic N) is 2. The maximum absolute atomic E-state index is 12.2. The summed E-state index contributed by atoms with van der Waals surface area (Å²) in [6.45, 7) is 2.43. The number of hydrogen-bond donors (Lipinski definition) is 0. The standard InChI is InChI=1S/C16H15BrN2O/c1-11-3-6-13(7-4-11)19-10-16(20)18(2)15-9-12(17)5-8-14(15)19/h3-9H,10H2,1-2H3. The minimum atomic E-state index is 0.0937. The van der Waals surface area contributed by atoms with Crippen LogP contribution in [0.15, 0.2) is 46.9 Å². The molecule has 3 rings (SSSR count). The second kappa shape index (κ2) is 4.94. The molecule has 0 saturated carbocycles. The SMILES string of the molecule is Cc1ccc(N2CC(=O)N(C)c3cc(Br)ccc32)cc1. The van der Waals surface area contributed by atoms with Crippen LogP contribution in [0.2, 0.25) is 0 Å². The van der Waals surface area contributed by atoms with Crippen LogP contribution >= 0.6 is 15.9 Å². The number of amides is 1. The van der Waals surface area contributed by atoms with Crippen molar-refractivity contribution in [3.63, 3.8) is 0 Å². The van der Waals surface area contributed by atoms with E-state index in [0.29, 0.717) is 6.54 Å². The molecule has 0 spiro atoms. The zero-order valence-electron chi connectivity index (χ0n) is 11.4. The number of carbonyl (C=O) groups is 1. The monoisotopic (exact) mass is 330 g/mol. The number of likely N-dealkylation sites (N-methyl/N-ethyl adjacent to an activating group) is 1. The number of carbonyl (C=O) groups excluding carboxylic acids is 1. The summed E-state index contributed by atoms with van der Waals surface area (Å²) in [7, 11) is 1.82. The van der Waals surface area contributed by atoms with Gasteiger partial charge in [-0.1, -0.05) is 33.6 Å². The molecule has 1 aliphatic rings. The fourth-order valence-electron chi connectivity index (χ4n) is 2.41. The van der Waals surface area contributed by atoms with Gasteiger partial charge in [0.25, 0.3) is 0 Å². The van der Waals surface area contributed by atoms with Crippen molar-refractivity contribution in [3.05, 3.63) is 52.5 Å². The van der Waals surface area contributed by atoms with Crippen LogP contribution in [0, 0.1) is 6.92 Å². The van der Waals surface area contributed by atoms with Crippen LogP contribution in [0.1, 0.15) is 5.56 Å². The highest BCUT2D eigenvalue weighted by molar-refractivity contribution is 9.10. The topological polar surface area (TPSA) is 23.6 Å². The van der Waals surface area contributed by atoms with Gasteiger partial charge in [0.2, 0.25) is 5.91 Å². The zero-order chi connectivity index (χ0) is 14.3. The van der Waals surface area contributed by atoms with E-state index in [1.54, 1.807) is 4.90 Å². The Morgan fingerprint density at radius 3 is 2.45 bits per heavy atom. The average Bonchev–Trinajstić information content (AvgIpc) is 2.44. The lowest BCUT2D eigenvalue weighted by Gasteiger charge is -2.35. The van der Waals surface area contributed by atoms with E-state index in [1.165, 1.54) is 5.56 Å². The van der Waals surface area contributed by atoms with Gasteiger partial charge in [-0.15, -0.1) is 0 Å². The van der Waals surface area contributed by atoms with E-state index in [2.05, 4.69) is 52.0 Å². The lowest BCUT2D eigenvalue weighted by atomic mass is 10.1. The Balaban J connectivity index is 2.12. The molecule has 0 bridgehead atoms. The first-order valence-electron chi connectivity index (χ1n) is 6.46. The van der Waals surface area contributed by atoms with Crippen molar-refractivity contribution in [1.29, 1.82) is 0 Å². The van der Waals surface area contributed by atoms with Crippen molar-refractivity contribution in [3.8, 4) is 0 Å². The lowest BCUT2D eigenvalue weighted by Crippen LogP contribution is -2.41. The van der Waals surface area contributed by atoms with E-state index in [1.807, 2.05) is 25.2 Å². The minimum absolute atomic E-state index is 0.0937. The molecule has 1 aliphatic heterocycles. The van der Waals surface area contributed by atoms with E-state index in [0.717, 1.165) is 21.5 Å². The van der Waals surface area contributed by atoms with Crippen LogP contribution in [-0.4, -0.2) is 19.5 Å². The van der Waals surface area contributed by atoms with Crippen LogP contribution < -0.4 is 9.80 Å². The first kappa shape index (κ1) is 13.2. The van der Waals surface area contributed by atoms with E-state index >= 15 is 0 Å². The summed E-state index contributed by atoms with van der Waals surface area (Å²) in [5.41, 5.74) is 4.24. The molecular weight excluding hydrogens is 316 g/mol. The van der Waals surface area contributed by atoms with E-state index in [4.69, 9.17) is 0 Å². The largest absolute Gasteiger partial charge is 0.330 e. The highest BCUT2D eigenvalue weighted by Crippen LogP contribution is 2.39. The highest BCUT2D eigenvalue weighted by Gasteiger charge is 2.27. The average molecular weight is 331 g/mol. The van der Waals surface area contributed by atoms with Gasteiger partial charge in [-0.2, -0.15) is 0 Å². The molecule has 0 radical (unpaired) electrons. The number of fused-ring (bicyclic) bond motifs is 1. The molecular formula is C16H15BrN2O. The Kier molecular flexibility index (Phi) is 3.26. The van der Waals surface area contributed by atoms with Crippen molar-refractivity contribution in [2.75, 3.05) is 23.4 Å². The van der Waals surface area contributed by atoms with Crippen LogP contribution in [0.3, 0.4) is 0 Å². The Labute approximate surface area is 126 Å². The van der Waals surface area contributed by atoms with Gasteiger partial charge in [0.05, 0.1) is 11.4 Å². The molecule has 3 nitrogen and oxygen atoms in total. The predicted octanol–water partition coefficient (Wildman–Crippen LogP) is 3.87. The van der Waals surface area contributed by atoms with E-state index in [9.17, 15) is 4.79 Å². The molecule has 4 heteroatoms. The number of benzene rings is 2. The molecule has 1 heterocycles. The Bertz CT molecular complexity index is 667. The minimum Gasteiger partial charge on any atom is -0.330 e. The second-order valence-corrected chi connectivity index (χ2v) is 5.92. The first-order valence-corrected chi connectivity index (χ1v) is 7.26. The summed E-state index contributed by atoms with van der Waals surface area (Å²) in [6, 6.07) is 14.3. The van der Waals surface area contributed by atoms with Crippen molar-refractivity contribution >= 4 is 38.9 Å². The molecule has 0 atom stereocenters. The molecule has 2 aromatic rings. The van der Waals surface area contributed by atoms with Crippen LogP contribution in [0.5, 0.6) is 0 Å². The van der Waals surface area contributed by atoms with Gasteiger partial charge in [-0.3, -0.25) is 4.79 Å². The Hall–Kier alpha value is -1.81. The molecule has 0 saturated heterocycles. The molecule has 20 heavy (non-hydrogen) atoms. The molecule has 0 unspecified atom stereocenters. The van der Waals surface area contributed by atoms with Gasteiger partial charge in [0.15, 0.2) is 0 Å². The first-order chi connectivity index (χ1) is 9.56. The molecule has 0 fully saturated rings. The summed E-state index contributed by atoms with van der Waals surface area (Å²) >= 11 is 3.47. The third-order valence-corrected chi connectivity index (χ3v) is 4.10. The van der Waals surface area contributed by atoms with Crippen LogP contribution in [-0.2, 0) is 4.79 Å². The second-order valence-electron chi connectivity index (χ2n) is 5.01. The third kappa shape index (κ3) is 2.20. The quantitative estimate of drug-likeness (QED) is 0.792. The van der Waals surface area contributed by atoms with Gasteiger partial charge in [-0.25, -0.2) is 0 Å². The number of aryl methyl sites for hydroxylation is 1. The van der Waals surface area contributed by atoms with Crippen molar-refractivity contribution in [1.82, 2.24) is 0 Å². The number of rotatable bonds is 1. The molecule has 102 valence electrons. The Morgan fingerprint density at radius 2 is 1.75 bits per heavy atom. The van der Waals surface area contributed by atoms with Crippen LogP contribution in [0.4, 0.5) is 17.1 Å². The van der Waals surface area contributed by atoms with Gasteiger partial charge in [-0.05, 0) is 37.3 Å². The molecule has 2 aromatic carbocycles. The van der Waals surface area contributed by atoms with Gasteiger partial charge in [0.1, 0.15) is 6.54 Å². The van der Waals surface area contributed by atoms with Crippen molar-refractivity contribution in [2.24, 2.45) is 0 Å². The van der Waals surface area contributed by atoms with Crippen molar-refractivity contribution < 1.29 is 4.79 Å². The summed E-state index contributed by atoms with van der Waals surface area (Å²) in [5, 5.41) is 0. The summed E-state index contributed by atoms with van der Waals surface area (Å²) in [5.74, 6) is 0.0937. The summed E-state index contributed by atoms with van der Waals surface area (Å²) < 4.78 is 0.974. The number of anilines is 3. The van der Waals surface area contributed by atoms with Gasteiger partial charge in [0, 0.05) is 17.2 Å². The fraction of sp³-hybridized carbons (Fsp3) is 0.188. The molecule has 0 aromatic heterocycles. The number of hydrogen-bond acceptors (Lipinski definition) is 2. The van der Waals surface area contributed by atoms with Crippen molar-refractivity contribution in [2.45, 2.75) is 6.92 Å². The fourth-order valence-corrected chi connectivity index (χ4v) is 2.76. The van der Waals surface area contributed by atoms with Gasteiger partial charge < -0.3 is 9.80 Å². The lowest BCUT2D eigenvalue weighted by molar-refractivity contribution is -0.117. The zero-order valence-corrected chi connectivity index (χ0v) is 13.0. The third-order valence-electron chi connectivity index (χ3n) is 3.60. The molecule has 0 aliphatic carbocycles.